The number of carbonyl (C=O) groups is 1. The maximum absolute atomic E-state index is 12.0. The Hall–Kier alpha value is -3.26. The number of likely N-dealkylation sites (tertiary alicyclic amines) is 1. The van der Waals surface area contributed by atoms with E-state index in [4.69, 9.17) is 5.10 Å². The smallest absolute Gasteiger partial charge is 0.236 e. The molecule has 8 nitrogen and oxygen atoms in total. The minimum absolute atomic E-state index is 0.163. The summed E-state index contributed by atoms with van der Waals surface area (Å²) in [6.45, 7) is 6.56. The van der Waals surface area contributed by atoms with Gasteiger partial charge in [-0.2, -0.15) is 10.2 Å². The standard InChI is InChI=1S/C24H29N7O/c1-15-10-20-21(11-19(15)18-9-16(2)24-25-14-26-31(24)12-18)27-28-23(20)17-5-7-30(8-6-17)13-22(32)29(3)4/h9-12,14,17H,5-8,13H2,1-4H3,(H,27,28). The highest BCUT2D eigenvalue weighted by Crippen LogP contribution is 2.35. The number of likely N-dealkylation sites (N-methyl/N-ethyl adjacent to an activating group) is 1. The highest BCUT2D eigenvalue weighted by molar-refractivity contribution is 5.88. The minimum atomic E-state index is 0.163. The van der Waals surface area contributed by atoms with Crippen molar-refractivity contribution in [3.05, 3.63) is 47.5 Å². The second-order valence-corrected chi connectivity index (χ2v) is 9.10. The van der Waals surface area contributed by atoms with Crippen molar-refractivity contribution < 1.29 is 4.79 Å². The molecule has 1 N–H and O–H groups in total. The zero-order valence-corrected chi connectivity index (χ0v) is 19.1. The van der Waals surface area contributed by atoms with Crippen LogP contribution in [0.15, 0.2) is 30.7 Å². The summed E-state index contributed by atoms with van der Waals surface area (Å²) in [5.41, 5.74) is 7.70. The van der Waals surface area contributed by atoms with Crippen LogP contribution in [0.5, 0.6) is 0 Å². The number of hydrogen-bond donors (Lipinski definition) is 1. The Morgan fingerprint density at radius 2 is 1.94 bits per heavy atom. The quantitative estimate of drug-likeness (QED) is 0.537. The SMILES string of the molecule is Cc1cc2c(C3CCN(CC(=O)N(C)C)CC3)n[nH]c2cc1-c1cc(C)c2ncnn2c1. The predicted molar refractivity (Wildman–Crippen MR) is 125 cm³/mol. The van der Waals surface area contributed by atoms with Crippen molar-refractivity contribution in [3.8, 4) is 11.1 Å². The lowest BCUT2D eigenvalue weighted by Gasteiger charge is -2.31. The van der Waals surface area contributed by atoms with Gasteiger partial charge in [0.1, 0.15) is 6.33 Å². The van der Waals surface area contributed by atoms with Gasteiger partial charge in [-0.3, -0.25) is 14.8 Å². The molecule has 8 heteroatoms. The van der Waals surface area contributed by atoms with Crippen molar-refractivity contribution >= 4 is 22.5 Å². The van der Waals surface area contributed by atoms with Crippen molar-refractivity contribution in [2.24, 2.45) is 0 Å². The van der Waals surface area contributed by atoms with Gasteiger partial charge in [0, 0.05) is 37.2 Å². The number of fused-ring (bicyclic) bond motifs is 2. The normalized spacial score (nSPS) is 15.6. The molecule has 0 unspecified atom stereocenters. The predicted octanol–water partition coefficient (Wildman–Crippen LogP) is 3.16. The third-order valence-corrected chi connectivity index (χ3v) is 6.64. The molecule has 0 radical (unpaired) electrons. The molecule has 4 heterocycles. The molecule has 0 atom stereocenters. The fraction of sp³-hybridized carbons (Fsp3) is 0.417. The molecule has 166 valence electrons. The van der Waals surface area contributed by atoms with Gasteiger partial charge in [0.05, 0.1) is 17.8 Å². The van der Waals surface area contributed by atoms with E-state index in [9.17, 15) is 4.79 Å². The van der Waals surface area contributed by atoms with Crippen LogP contribution in [0.1, 0.15) is 35.6 Å². The molecule has 1 aromatic carbocycles. The molecular formula is C24H29N7O. The Labute approximate surface area is 187 Å². The zero-order valence-electron chi connectivity index (χ0n) is 19.1. The lowest BCUT2D eigenvalue weighted by molar-refractivity contribution is -0.130. The summed E-state index contributed by atoms with van der Waals surface area (Å²) >= 11 is 0. The van der Waals surface area contributed by atoms with Gasteiger partial charge in [0.2, 0.25) is 5.91 Å². The molecule has 1 aliphatic heterocycles. The number of rotatable bonds is 4. The van der Waals surface area contributed by atoms with E-state index < -0.39 is 0 Å². The summed E-state index contributed by atoms with van der Waals surface area (Å²) in [6, 6.07) is 6.62. The van der Waals surface area contributed by atoms with Crippen LogP contribution in [0.25, 0.3) is 27.7 Å². The summed E-state index contributed by atoms with van der Waals surface area (Å²) < 4.78 is 1.83. The van der Waals surface area contributed by atoms with E-state index in [2.05, 4.69) is 52.1 Å². The fourth-order valence-electron chi connectivity index (χ4n) is 4.75. The molecule has 0 spiro atoms. The van der Waals surface area contributed by atoms with Gasteiger partial charge < -0.3 is 4.90 Å². The first kappa shape index (κ1) is 20.6. The van der Waals surface area contributed by atoms with Gasteiger partial charge in [-0.1, -0.05) is 0 Å². The topological polar surface area (TPSA) is 82.4 Å². The van der Waals surface area contributed by atoms with Gasteiger partial charge in [-0.25, -0.2) is 9.50 Å². The molecule has 32 heavy (non-hydrogen) atoms. The first-order chi connectivity index (χ1) is 15.4. The second-order valence-electron chi connectivity index (χ2n) is 9.10. The highest BCUT2D eigenvalue weighted by atomic mass is 16.2. The van der Waals surface area contributed by atoms with E-state index >= 15 is 0 Å². The fourth-order valence-corrected chi connectivity index (χ4v) is 4.75. The van der Waals surface area contributed by atoms with Crippen LogP contribution < -0.4 is 0 Å². The largest absolute Gasteiger partial charge is 0.348 e. The van der Waals surface area contributed by atoms with Crippen molar-refractivity contribution in [2.75, 3.05) is 33.7 Å². The van der Waals surface area contributed by atoms with E-state index in [1.165, 1.54) is 16.5 Å². The van der Waals surface area contributed by atoms with E-state index in [0.29, 0.717) is 12.5 Å². The number of aryl methyl sites for hydroxylation is 2. The van der Waals surface area contributed by atoms with Gasteiger partial charge in [-0.15, -0.1) is 0 Å². The van der Waals surface area contributed by atoms with Gasteiger partial charge >= 0.3 is 0 Å². The van der Waals surface area contributed by atoms with Crippen molar-refractivity contribution in [3.63, 3.8) is 0 Å². The molecule has 1 fully saturated rings. The molecule has 4 aromatic rings. The number of carbonyl (C=O) groups excluding carboxylic acids is 1. The lowest BCUT2D eigenvalue weighted by Crippen LogP contribution is -2.40. The van der Waals surface area contributed by atoms with Crippen LogP contribution in [0.4, 0.5) is 0 Å². The number of aromatic amines is 1. The number of amides is 1. The van der Waals surface area contributed by atoms with Crippen molar-refractivity contribution in [1.29, 1.82) is 0 Å². The highest BCUT2D eigenvalue weighted by Gasteiger charge is 2.26. The van der Waals surface area contributed by atoms with Crippen LogP contribution in [-0.4, -0.2) is 74.2 Å². The second kappa shape index (κ2) is 8.02. The Morgan fingerprint density at radius 1 is 1.16 bits per heavy atom. The Morgan fingerprint density at radius 3 is 2.69 bits per heavy atom. The van der Waals surface area contributed by atoms with Crippen LogP contribution in [0.3, 0.4) is 0 Å². The van der Waals surface area contributed by atoms with Gasteiger partial charge in [-0.05, 0) is 74.7 Å². The summed E-state index contributed by atoms with van der Waals surface area (Å²) in [6.07, 6.45) is 5.66. The van der Waals surface area contributed by atoms with Crippen LogP contribution in [0.2, 0.25) is 0 Å². The zero-order chi connectivity index (χ0) is 22.4. The molecule has 0 aliphatic carbocycles. The molecule has 1 amide bonds. The summed E-state index contributed by atoms with van der Waals surface area (Å²) in [5, 5.41) is 13.5. The van der Waals surface area contributed by atoms with E-state index in [0.717, 1.165) is 53.9 Å². The molecule has 1 aliphatic rings. The summed E-state index contributed by atoms with van der Waals surface area (Å²) in [7, 11) is 3.62. The number of aromatic nitrogens is 5. The summed E-state index contributed by atoms with van der Waals surface area (Å²) in [5.74, 6) is 0.574. The van der Waals surface area contributed by atoms with Crippen LogP contribution in [-0.2, 0) is 4.79 Å². The number of nitrogens with zero attached hydrogens (tertiary/aromatic N) is 6. The van der Waals surface area contributed by atoms with Crippen LogP contribution in [0, 0.1) is 13.8 Å². The van der Waals surface area contributed by atoms with E-state index in [-0.39, 0.29) is 5.91 Å². The van der Waals surface area contributed by atoms with Crippen LogP contribution >= 0.6 is 0 Å². The first-order valence-electron chi connectivity index (χ1n) is 11.1. The molecule has 5 rings (SSSR count). The molecule has 3 aromatic heterocycles. The molecule has 0 bridgehead atoms. The van der Waals surface area contributed by atoms with E-state index in [1.54, 1.807) is 11.2 Å². The first-order valence-corrected chi connectivity index (χ1v) is 11.1. The maximum Gasteiger partial charge on any atom is 0.236 e. The minimum Gasteiger partial charge on any atom is -0.348 e. The lowest BCUT2D eigenvalue weighted by atomic mass is 9.90. The monoisotopic (exact) mass is 431 g/mol. The number of benzene rings is 1. The third-order valence-electron chi connectivity index (χ3n) is 6.64. The van der Waals surface area contributed by atoms with Gasteiger partial charge in [0.15, 0.2) is 5.65 Å². The van der Waals surface area contributed by atoms with Gasteiger partial charge in [0.25, 0.3) is 0 Å². The number of nitrogens with one attached hydrogen (secondary N) is 1. The average Bonchev–Trinajstić information content (AvgIpc) is 3.40. The number of hydrogen-bond acceptors (Lipinski definition) is 5. The Balaban J connectivity index is 1.40. The molecular weight excluding hydrogens is 402 g/mol. The average molecular weight is 432 g/mol. The number of pyridine rings is 1. The maximum atomic E-state index is 12.0. The van der Waals surface area contributed by atoms with Crippen molar-refractivity contribution in [2.45, 2.75) is 32.6 Å². The Kier molecular flexibility index (Phi) is 5.17. The number of H-pyrrole nitrogens is 1. The summed E-state index contributed by atoms with van der Waals surface area (Å²) in [4.78, 5) is 20.3. The molecule has 0 saturated carbocycles. The van der Waals surface area contributed by atoms with Crippen molar-refractivity contribution in [1.82, 2.24) is 34.6 Å². The third kappa shape index (κ3) is 3.64. The van der Waals surface area contributed by atoms with E-state index in [1.807, 2.05) is 24.8 Å². The molecule has 1 saturated heterocycles. The number of piperidine rings is 1. The Bertz CT molecular complexity index is 1290.